The van der Waals surface area contributed by atoms with Gasteiger partial charge in [0.05, 0.1) is 18.1 Å². The zero-order valence-corrected chi connectivity index (χ0v) is 13.2. The predicted molar refractivity (Wildman–Crippen MR) is 80.7 cm³/mol. The smallest absolute Gasteiger partial charge is 0.339 e. The number of carboxylic acid groups (broad SMARTS) is 1. The van der Waals surface area contributed by atoms with Crippen molar-refractivity contribution >= 4 is 11.7 Å². The van der Waals surface area contributed by atoms with Crippen LogP contribution in [0.3, 0.4) is 0 Å². The molecular formula is C15H21NO6. The Balaban J connectivity index is 3.25. The van der Waals surface area contributed by atoms with Crippen LogP contribution in [-0.4, -0.2) is 29.2 Å². The molecule has 0 unspecified atom stereocenters. The first-order chi connectivity index (χ1) is 10.2. The zero-order valence-electron chi connectivity index (χ0n) is 13.2. The molecule has 1 aromatic carbocycles. The molecule has 0 aromatic heterocycles. The number of aromatic carboxylic acids is 1. The van der Waals surface area contributed by atoms with Gasteiger partial charge in [0.2, 0.25) is 5.75 Å². The maximum atomic E-state index is 11.3. The fraction of sp³-hybridized carbons (Fsp3) is 0.533. The molecule has 22 heavy (non-hydrogen) atoms. The minimum atomic E-state index is -1.28. The summed E-state index contributed by atoms with van der Waals surface area (Å²) in [6, 6.07) is 2.26. The first-order valence-electron chi connectivity index (χ1n) is 7.03. The maximum Gasteiger partial charge on any atom is 0.339 e. The van der Waals surface area contributed by atoms with Crippen LogP contribution in [0, 0.1) is 22.0 Å². The van der Waals surface area contributed by atoms with Crippen molar-refractivity contribution in [2.24, 2.45) is 11.8 Å². The Morgan fingerprint density at radius 2 is 1.64 bits per heavy atom. The molecule has 0 aliphatic rings. The van der Waals surface area contributed by atoms with Crippen molar-refractivity contribution in [2.45, 2.75) is 27.7 Å². The largest absolute Gasteiger partial charge is 0.492 e. The summed E-state index contributed by atoms with van der Waals surface area (Å²) >= 11 is 0. The molecule has 1 N–H and O–H groups in total. The number of benzene rings is 1. The average Bonchev–Trinajstić information content (AvgIpc) is 2.41. The second-order valence-electron chi connectivity index (χ2n) is 5.79. The van der Waals surface area contributed by atoms with Crippen molar-refractivity contribution in [3.05, 3.63) is 27.8 Å². The van der Waals surface area contributed by atoms with Crippen LogP contribution in [0.4, 0.5) is 5.69 Å². The Morgan fingerprint density at radius 1 is 1.14 bits per heavy atom. The van der Waals surface area contributed by atoms with Crippen molar-refractivity contribution in [3.8, 4) is 11.5 Å². The number of nitro benzene ring substituents is 1. The van der Waals surface area contributed by atoms with E-state index in [9.17, 15) is 20.0 Å². The highest BCUT2D eigenvalue weighted by Gasteiger charge is 2.24. The van der Waals surface area contributed by atoms with E-state index >= 15 is 0 Å². The van der Waals surface area contributed by atoms with Gasteiger partial charge in [-0.15, -0.1) is 0 Å². The molecule has 7 heteroatoms. The lowest BCUT2D eigenvalue weighted by atomic mass is 10.1. The number of carbonyl (C=O) groups is 1. The minimum Gasteiger partial charge on any atom is -0.492 e. The summed E-state index contributed by atoms with van der Waals surface area (Å²) in [4.78, 5) is 21.7. The summed E-state index contributed by atoms with van der Waals surface area (Å²) in [7, 11) is 0. The molecule has 0 spiro atoms. The van der Waals surface area contributed by atoms with Crippen LogP contribution in [-0.2, 0) is 0 Å². The van der Waals surface area contributed by atoms with Gasteiger partial charge >= 0.3 is 11.7 Å². The van der Waals surface area contributed by atoms with Crippen molar-refractivity contribution < 1.29 is 24.3 Å². The molecule has 0 radical (unpaired) electrons. The van der Waals surface area contributed by atoms with Gasteiger partial charge in [0.1, 0.15) is 11.3 Å². The topological polar surface area (TPSA) is 98.9 Å². The van der Waals surface area contributed by atoms with Gasteiger partial charge in [-0.2, -0.15) is 0 Å². The Kier molecular flexibility index (Phi) is 6.15. The molecule has 1 rings (SSSR count). The number of hydrogen-bond donors (Lipinski definition) is 1. The summed E-state index contributed by atoms with van der Waals surface area (Å²) in [6.45, 7) is 8.25. The molecule has 0 fully saturated rings. The molecule has 0 aliphatic carbocycles. The van der Waals surface area contributed by atoms with E-state index in [2.05, 4.69) is 0 Å². The zero-order chi connectivity index (χ0) is 16.9. The van der Waals surface area contributed by atoms with E-state index in [4.69, 9.17) is 9.47 Å². The minimum absolute atomic E-state index is 0.0162. The van der Waals surface area contributed by atoms with Crippen LogP contribution in [0.2, 0.25) is 0 Å². The molecule has 122 valence electrons. The van der Waals surface area contributed by atoms with Gasteiger partial charge in [-0.3, -0.25) is 10.1 Å². The molecule has 7 nitrogen and oxygen atoms in total. The van der Waals surface area contributed by atoms with Gasteiger partial charge in [0.25, 0.3) is 0 Å². The third-order valence-electron chi connectivity index (χ3n) is 2.63. The van der Waals surface area contributed by atoms with Crippen molar-refractivity contribution in [1.82, 2.24) is 0 Å². The molecule has 0 bridgehead atoms. The molecule has 0 aliphatic heterocycles. The number of rotatable bonds is 8. The van der Waals surface area contributed by atoms with Gasteiger partial charge < -0.3 is 14.6 Å². The monoisotopic (exact) mass is 311 g/mol. The van der Waals surface area contributed by atoms with Crippen molar-refractivity contribution in [1.29, 1.82) is 0 Å². The molecule has 0 saturated heterocycles. The van der Waals surface area contributed by atoms with E-state index in [1.54, 1.807) is 0 Å². The molecular weight excluding hydrogens is 290 g/mol. The van der Waals surface area contributed by atoms with Crippen molar-refractivity contribution in [3.63, 3.8) is 0 Å². The van der Waals surface area contributed by atoms with Gasteiger partial charge in [0.15, 0.2) is 0 Å². The van der Waals surface area contributed by atoms with E-state index in [0.717, 1.165) is 6.07 Å². The summed E-state index contributed by atoms with van der Waals surface area (Å²) in [5, 5.41) is 20.3. The Bertz CT molecular complexity index is 508. The fourth-order valence-electron chi connectivity index (χ4n) is 1.61. The highest BCUT2D eigenvalue weighted by atomic mass is 16.6. The Morgan fingerprint density at radius 3 is 2.05 bits per heavy atom. The third kappa shape index (κ3) is 4.91. The van der Waals surface area contributed by atoms with E-state index in [0.29, 0.717) is 6.61 Å². The SMILES string of the molecule is CC(C)COc1cc(OCC(C)C)c([N+](=O)[O-])cc1C(=O)O. The number of hydrogen-bond acceptors (Lipinski definition) is 5. The lowest BCUT2D eigenvalue weighted by Gasteiger charge is -2.14. The fourth-order valence-corrected chi connectivity index (χ4v) is 1.61. The van der Waals surface area contributed by atoms with Crippen LogP contribution in [0.1, 0.15) is 38.1 Å². The maximum absolute atomic E-state index is 11.3. The summed E-state index contributed by atoms with van der Waals surface area (Å²) in [5.41, 5.74) is -0.626. The van der Waals surface area contributed by atoms with Gasteiger partial charge in [-0.25, -0.2) is 4.79 Å². The van der Waals surface area contributed by atoms with Crippen LogP contribution in [0.25, 0.3) is 0 Å². The van der Waals surface area contributed by atoms with E-state index in [1.165, 1.54) is 6.07 Å². The third-order valence-corrected chi connectivity index (χ3v) is 2.63. The predicted octanol–water partition coefficient (Wildman–Crippen LogP) is 3.36. The van der Waals surface area contributed by atoms with Crippen molar-refractivity contribution in [2.75, 3.05) is 13.2 Å². The number of ether oxygens (including phenoxy) is 2. The van der Waals surface area contributed by atoms with E-state index in [1.807, 2.05) is 27.7 Å². The quantitative estimate of drug-likeness (QED) is 0.583. The number of nitro groups is 1. The number of nitrogens with zero attached hydrogens (tertiary/aromatic N) is 1. The molecule has 0 heterocycles. The first-order valence-corrected chi connectivity index (χ1v) is 7.03. The highest BCUT2D eigenvalue weighted by molar-refractivity contribution is 5.92. The van der Waals surface area contributed by atoms with Gasteiger partial charge in [-0.1, -0.05) is 27.7 Å². The normalized spacial score (nSPS) is 10.8. The summed E-state index contributed by atoms with van der Waals surface area (Å²) < 4.78 is 10.9. The van der Waals surface area contributed by atoms with Crippen LogP contribution >= 0.6 is 0 Å². The number of carboxylic acids is 1. The lowest BCUT2D eigenvalue weighted by Crippen LogP contribution is -2.11. The highest BCUT2D eigenvalue weighted by Crippen LogP contribution is 2.35. The Hall–Kier alpha value is -2.31. The second-order valence-corrected chi connectivity index (χ2v) is 5.79. The summed E-state index contributed by atoms with van der Waals surface area (Å²) in [6.07, 6.45) is 0. The summed E-state index contributed by atoms with van der Waals surface area (Å²) in [5.74, 6) is -0.819. The van der Waals surface area contributed by atoms with Gasteiger partial charge in [0, 0.05) is 12.1 Å². The van der Waals surface area contributed by atoms with Crippen LogP contribution in [0.5, 0.6) is 11.5 Å². The first kappa shape index (κ1) is 17.7. The van der Waals surface area contributed by atoms with E-state index < -0.39 is 10.9 Å². The standard InChI is InChI=1S/C15H21NO6/c1-9(2)7-21-13-6-14(22-8-10(3)4)12(16(19)20)5-11(13)15(17)18/h5-6,9-10H,7-8H2,1-4H3,(H,17,18). The Labute approximate surface area is 129 Å². The second kappa shape index (κ2) is 7.63. The molecule has 0 saturated carbocycles. The van der Waals surface area contributed by atoms with Crippen LogP contribution < -0.4 is 9.47 Å². The molecule has 0 atom stereocenters. The molecule has 1 aromatic rings. The van der Waals surface area contributed by atoms with Gasteiger partial charge in [-0.05, 0) is 11.8 Å². The molecule has 0 amide bonds. The van der Waals surface area contributed by atoms with E-state index in [-0.39, 0.29) is 41.2 Å². The lowest BCUT2D eigenvalue weighted by molar-refractivity contribution is -0.386. The average molecular weight is 311 g/mol. The van der Waals surface area contributed by atoms with Crippen LogP contribution in [0.15, 0.2) is 12.1 Å².